The molecule has 1 aromatic heterocycles. The van der Waals surface area contributed by atoms with Crippen LogP contribution in [-0.4, -0.2) is 21.9 Å². The molecule has 0 bridgehead atoms. The highest BCUT2D eigenvalue weighted by Crippen LogP contribution is 2.19. The molecular weight excluding hydrogens is 369 g/mol. The lowest BCUT2D eigenvalue weighted by Gasteiger charge is -2.03. The van der Waals surface area contributed by atoms with Gasteiger partial charge in [-0.15, -0.1) is 0 Å². The van der Waals surface area contributed by atoms with Gasteiger partial charge in [-0.3, -0.25) is 4.79 Å². The van der Waals surface area contributed by atoms with Crippen molar-refractivity contribution in [1.82, 2.24) is 15.2 Å². The van der Waals surface area contributed by atoms with Crippen LogP contribution >= 0.6 is 11.6 Å². The number of carbonyl (C=O) groups is 1. The van der Waals surface area contributed by atoms with Crippen LogP contribution in [0.25, 0.3) is 0 Å². The van der Waals surface area contributed by atoms with Crippen LogP contribution in [0.15, 0.2) is 53.6 Å². The summed E-state index contributed by atoms with van der Waals surface area (Å²) < 4.78 is 14.6. The normalized spacial score (nSPS) is 11.1. The Bertz CT molecular complexity index is 981. The number of hydrogen-bond donors (Lipinski definition) is 2. The first-order valence-electron chi connectivity index (χ1n) is 8.10. The molecule has 138 valence electrons. The maximum atomic E-state index is 13.0. The van der Waals surface area contributed by atoms with Crippen molar-refractivity contribution in [3.8, 4) is 0 Å². The molecule has 27 heavy (non-hydrogen) atoms. The van der Waals surface area contributed by atoms with Crippen LogP contribution in [0.1, 0.15) is 27.2 Å². The largest absolute Gasteiger partial charge is 0.399 e. The van der Waals surface area contributed by atoms with Crippen molar-refractivity contribution in [2.24, 2.45) is 5.10 Å². The van der Waals surface area contributed by atoms with Gasteiger partial charge in [-0.1, -0.05) is 23.7 Å². The predicted octanol–water partition coefficient (Wildman–Crippen LogP) is 3.38. The summed E-state index contributed by atoms with van der Waals surface area (Å²) in [5.41, 5.74) is 11.2. The van der Waals surface area contributed by atoms with Crippen molar-refractivity contribution in [1.29, 1.82) is 0 Å². The van der Waals surface area contributed by atoms with Crippen LogP contribution in [0, 0.1) is 12.7 Å². The van der Waals surface area contributed by atoms with E-state index in [1.807, 2.05) is 0 Å². The minimum atomic E-state index is -0.362. The zero-order valence-corrected chi connectivity index (χ0v) is 15.2. The summed E-state index contributed by atoms with van der Waals surface area (Å²) in [7, 11) is 0. The van der Waals surface area contributed by atoms with Gasteiger partial charge >= 0.3 is 0 Å². The van der Waals surface area contributed by atoms with Crippen molar-refractivity contribution in [2.45, 2.75) is 13.5 Å². The van der Waals surface area contributed by atoms with Gasteiger partial charge in [0.05, 0.1) is 24.0 Å². The monoisotopic (exact) mass is 385 g/mol. The van der Waals surface area contributed by atoms with E-state index < -0.39 is 0 Å². The van der Waals surface area contributed by atoms with Gasteiger partial charge in [0.25, 0.3) is 5.91 Å². The number of hydrazone groups is 1. The number of halogens is 2. The second-order valence-electron chi connectivity index (χ2n) is 5.90. The number of nitrogen functional groups attached to an aromatic ring is 1. The number of nitrogens with zero attached hydrogens (tertiary/aromatic N) is 3. The highest BCUT2D eigenvalue weighted by Gasteiger charge is 2.12. The van der Waals surface area contributed by atoms with E-state index in [0.29, 0.717) is 34.2 Å². The zero-order valence-electron chi connectivity index (χ0n) is 14.5. The Labute approximate surface area is 160 Å². The molecule has 0 unspecified atom stereocenters. The maximum absolute atomic E-state index is 13.0. The molecule has 0 atom stereocenters. The van der Waals surface area contributed by atoms with E-state index in [-0.39, 0.29) is 11.7 Å². The van der Waals surface area contributed by atoms with Crippen LogP contribution in [0.2, 0.25) is 5.15 Å². The molecule has 3 aromatic rings. The summed E-state index contributed by atoms with van der Waals surface area (Å²) >= 11 is 6.37. The van der Waals surface area contributed by atoms with Crippen LogP contribution < -0.4 is 11.2 Å². The van der Waals surface area contributed by atoms with Gasteiger partial charge in [0, 0.05) is 11.3 Å². The van der Waals surface area contributed by atoms with Crippen molar-refractivity contribution in [3.63, 3.8) is 0 Å². The van der Waals surface area contributed by atoms with Crippen LogP contribution in [0.3, 0.4) is 0 Å². The van der Waals surface area contributed by atoms with E-state index in [2.05, 4.69) is 15.6 Å². The van der Waals surface area contributed by atoms with Gasteiger partial charge < -0.3 is 5.73 Å². The third-order valence-electron chi connectivity index (χ3n) is 3.89. The number of aryl methyl sites for hydroxylation is 1. The first-order chi connectivity index (χ1) is 12.9. The van der Waals surface area contributed by atoms with E-state index >= 15 is 0 Å². The second-order valence-corrected chi connectivity index (χ2v) is 6.25. The summed E-state index contributed by atoms with van der Waals surface area (Å²) in [6.45, 7) is 2.18. The Morgan fingerprint density at radius 1 is 1.26 bits per heavy atom. The van der Waals surface area contributed by atoms with Gasteiger partial charge in [-0.2, -0.15) is 10.2 Å². The van der Waals surface area contributed by atoms with Crippen molar-refractivity contribution >= 4 is 29.4 Å². The first-order valence-corrected chi connectivity index (χ1v) is 8.48. The lowest BCUT2D eigenvalue weighted by atomic mass is 10.2. The van der Waals surface area contributed by atoms with Gasteiger partial charge in [0.1, 0.15) is 11.0 Å². The quantitative estimate of drug-likeness (QED) is 0.401. The molecule has 6 nitrogen and oxygen atoms in total. The van der Waals surface area contributed by atoms with Crippen molar-refractivity contribution < 1.29 is 9.18 Å². The molecule has 3 rings (SSSR count). The molecular formula is C19H17ClFN5O. The van der Waals surface area contributed by atoms with E-state index in [9.17, 15) is 9.18 Å². The fraction of sp³-hybridized carbons (Fsp3) is 0.105. The molecule has 0 aliphatic carbocycles. The fourth-order valence-corrected chi connectivity index (χ4v) is 2.72. The van der Waals surface area contributed by atoms with Crippen LogP contribution in [0.5, 0.6) is 0 Å². The summed E-state index contributed by atoms with van der Waals surface area (Å²) in [5.74, 6) is -0.662. The number of carbonyl (C=O) groups excluding carboxylic acids is 1. The molecule has 2 aromatic carbocycles. The number of nitrogens with two attached hydrogens (primary N) is 1. The molecule has 1 amide bonds. The Balaban J connectivity index is 1.70. The van der Waals surface area contributed by atoms with E-state index in [1.54, 1.807) is 48.0 Å². The van der Waals surface area contributed by atoms with Gasteiger partial charge in [-0.05, 0) is 48.9 Å². The number of benzene rings is 2. The van der Waals surface area contributed by atoms with Crippen molar-refractivity contribution in [3.05, 3.63) is 81.9 Å². The fourth-order valence-electron chi connectivity index (χ4n) is 2.44. The smallest absolute Gasteiger partial charge is 0.271 e. The predicted molar refractivity (Wildman–Crippen MR) is 103 cm³/mol. The van der Waals surface area contributed by atoms with Gasteiger partial charge in [0.2, 0.25) is 0 Å². The summed E-state index contributed by atoms with van der Waals surface area (Å²) in [4.78, 5) is 12.0. The Kier molecular flexibility index (Phi) is 5.52. The van der Waals surface area contributed by atoms with Gasteiger partial charge in [-0.25, -0.2) is 14.5 Å². The maximum Gasteiger partial charge on any atom is 0.271 e. The second kappa shape index (κ2) is 8.01. The molecule has 0 fully saturated rings. The molecule has 0 aliphatic heterocycles. The Morgan fingerprint density at radius 2 is 1.93 bits per heavy atom. The standard InChI is InChI=1S/C19H17ClFN5O/c1-12-17(10-23-24-19(27)14-4-8-16(22)9-5-14)18(20)26(25-12)11-13-2-6-15(21)7-3-13/h2-10H,11,22H2,1H3,(H,24,27). The van der Waals surface area contributed by atoms with E-state index in [0.717, 1.165) is 5.56 Å². The third-order valence-corrected chi connectivity index (χ3v) is 4.29. The number of hydrogen-bond acceptors (Lipinski definition) is 4. The molecule has 0 aliphatic rings. The Hall–Kier alpha value is -3.19. The highest BCUT2D eigenvalue weighted by atomic mass is 35.5. The number of rotatable bonds is 5. The molecule has 0 spiro atoms. The molecule has 8 heteroatoms. The third kappa shape index (κ3) is 4.51. The lowest BCUT2D eigenvalue weighted by molar-refractivity contribution is 0.0955. The first kappa shape index (κ1) is 18.6. The van der Waals surface area contributed by atoms with Crippen LogP contribution in [0.4, 0.5) is 10.1 Å². The molecule has 3 N–H and O–H groups in total. The van der Waals surface area contributed by atoms with E-state index in [1.165, 1.54) is 18.3 Å². The minimum absolute atomic E-state index is 0.300. The highest BCUT2D eigenvalue weighted by molar-refractivity contribution is 6.32. The number of anilines is 1. The van der Waals surface area contributed by atoms with Gasteiger partial charge in [0.15, 0.2) is 0 Å². The SMILES string of the molecule is Cc1nn(Cc2ccc(F)cc2)c(Cl)c1C=NNC(=O)c1ccc(N)cc1. The molecule has 0 radical (unpaired) electrons. The molecule has 1 heterocycles. The Morgan fingerprint density at radius 3 is 2.59 bits per heavy atom. The average molecular weight is 386 g/mol. The summed E-state index contributed by atoms with van der Waals surface area (Å²) in [6, 6.07) is 12.6. The molecule has 0 saturated heterocycles. The number of nitrogens with one attached hydrogen (secondary N) is 1. The zero-order chi connectivity index (χ0) is 19.4. The van der Waals surface area contributed by atoms with Crippen LogP contribution in [-0.2, 0) is 6.54 Å². The number of aromatic nitrogens is 2. The topological polar surface area (TPSA) is 85.3 Å². The number of amides is 1. The summed E-state index contributed by atoms with van der Waals surface area (Å²) in [5, 5.41) is 8.69. The van der Waals surface area contributed by atoms with Crippen molar-refractivity contribution in [2.75, 3.05) is 5.73 Å². The minimum Gasteiger partial charge on any atom is -0.399 e. The summed E-state index contributed by atoms with van der Waals surface area (Å²) in [6.07, 6.45) is 1.45. The average Bonchev–Trinajstić information content (AvgIpc) is 2.91. The lowest BCUT2D eigenvalue weighted by Crippen LogP contribution is -2.17. The van der Waals surface area contributed by atoms with E-state index in [4.69, 9.17) is 17.3 Å². The molecule has 0 saturated carbocycles.